The molecular formula is C19H16F2N4O3S2. The van der Waals surface area contributed by atoms with Crippen LogP contribution in [0, 0.1) is 13.8 Å². The molecule has 156 valence electrons. The van der Waals surface area contributed by atoms with Gasteiger partial charge in [0.2, 0.25) is 5.89 Å². The summed E-state index contributed by atoms with van der Waals surface area (Å²) in [5.41, 5.74) is 1.35. The first-order valence-electron chi connectivity index (χ1n) is 8.87. The van der Waals surface area contributed by atoms with Crippen LogP contribution in [0.1, 0.15) is 28.4 Å². The molecule has 0 radical (unpaired) electrons. The molecule has 1 aromatic carbocycles. The van der Waals surface area contributed by atoms with Crippen LogP contribution in [0.25, 0.3) is 21.7 Å². The van der Waals surface area contributed by atoms with Crippen molar-refractivity contribution in [1.82, 2.24) is 20.2 Å². The number of nitrogens with one attached hydrogen (secondary N) is 1. The second-order valence-electron chi connectivity index (χ2n) is 6.45. The molecule has 3 aromatic heterocycles. The van der Waals surface area contributed by atoms with Crippen molar-refractivity contribution in [2.24, 2.45) is 0 Å². The lowest BCUT2D eigenvalue weighted by Gasteiger charge is -2.07. The minimum atomic E-state index is -2.88. The first kappa shape index (κ1) is 20.5. The van der Waals surface area contributed by atoms with Crippen molar-refractivity contribution in [3.05, 3.63) is 50.9 Å². The number of alkyl halides is 2. The third-order valence-electron chi connectivity index (χ3n) is 4.45. The topological polar surface area (TPSA) is 93.9 Å². The SMILES string of the molecule is Cc1sc2nc([C@@H](C)Sc3nnc(-c4ccc(OC(F)F)cc4)o3)[nH]c(=O)c2c1C. The van der Waals surface area contributed by atoms with Crippen molar-refractivity contribution in [3.8, 4) is 17.2 Å². The number of aromatic amines is 1. The molecule has 0 saturated heterocycles. The molecule has 1 atom stereocenters. The van der Waals surface area contributed by atoms with Gasteiger partial charge in [-0.15, -0.1) is 21.5 Å². The maximum absolute atomic E-state index is 12.5. The predicted molar refractivity (Wildman–Crippen MR) is 110 cm³/mol. The number of hydrogen-bond donors (Lipinski definition) is 1. The number of aromatic nitrogens is 4. The Morgan fingerprint density at radius 1 is 1.20 bits per heavy atom. The van der Waals surface area contributed by atoms with Crippen LogP contribution in [0.3, 0.4) is 0 Å². The first-order valence-corrected chi connectivity index (χ1v) is 10.6. The van der Waals surface area contributed by atoms with E-state index in [1.807, 2.05) is 20.8 Å². The number of benzene rings is 1. The summed E-state index contributed by atoms with van der Waals surface area (Å²) in [5, 5.41) is 8.68. The fourth-order valence-corrected chi connectivity index (χ4v) is 4.60. The van der Waals surface area contributed by atoms with E-state index in [0.29, 0.717) is 26.8 Å². The monoisotopic (exact) mass is 450 g/mol. The third-order valence-corrected chi connectivity index (χ3v) is 6.50. The maximum Gasteiger partial charge on any atom is 0.387 e. The van der Waals surface area contributed by atoms with Gasteiger partial charge >= 0.3 is 6.61 Å². The Morgan fingerprint density at radius 2 is 1.93 bits per heavy atom. The smallest absolute Gasteiger partial charge is 0.387 e. The Labute approximate surface area is 177 Å². The molecular weight excluding hydrogens is 434 g/mol. The molecule has 4 rings (SSSR count). The summed E-state index contributed by atoms with van der Waals surface area (Å²) in [6.07, 6.45) is 0. The van der Waals surface area contributed by atoms with Crippen molar-refractivity contribution < 1.29 is 17.9 Å². The normalized spacial score (nSPS) is 12.6. The molecule has 7 nitrogen and oxygen atoms in total. The lowest BCUT2D eigenvalue weighted by Crippen LogP contribution is -2.12. The number of nitrogens with zero attached hydrogens (tertiary/aromatic N) is 3. The highest BCUT2D eigenvalue weighted by molar-refractivity contribution is 7.99. The summed E-state index contributed by atoms with van der Waals surface area (Å²) >= 11 is 2.75. The van der Waals surface area contributed by atoms with Crippen molar-refractivity contribution in [3.63, 3.8) is 0 Å². The van der Waals surface area contributed by atoms with Gasteiger partial charge in [-0.3, -0.25) is 4.79 Å². The van der Waals surface area contributed by atoms with Crippen LogP contribution in [-0.4, -0.2) is 26.8 Å². The Hall–Kier alpha value is -2.79. The van der Waals surface area contributed by atoms with E-state index >= 15 is 0 Å². The Bertz CT molecular complexity index is 1250. The molecule has 3 heterocycles. The molecule has 0 spiro atoms. The zero-order valence-electron chi connectivity index (χ0n) is 16.1. The number of hydrogen-bond acceptors (Lipinski definition) is 8. The summed E-state index contributed by atoms with van der Waals surface area (Å²) < 4.78 is 34.5. The lowest BCUT2D eigenvalue weighted by molar-refractivity contribution is -0.0498. The third kappa shape index (κ3) is 4.08. The van der Waals surface area contributed by atoms with E-state index in [1.165, 1.54) is 35.2 Å². The van der Waals surface area contributed by atoms with E-state index in [4.69, 9.17) is 4.42 Å². The molecule has 0 amide bonds. The zero-order chi connectivity index (χ0) is 21.4. The molecule has 0 unspecified atom stereocenters. The molecule has 0 bridgehead atoms. The molecule has 0 aliphatic carbocycles. The number of fused-ring (bicyclic) bond motifs is 1. The number of thiophene rings is 1. The Morgan fingerprint density at radius 3 is 2.63 bits per heavy atom. The van der Waals surface area contributed by atoms with Gasteiger partial charge in [0.15, 0.2) is 0 Å². The summed E-state index contributed by atoms with van der Waals surface area (Å²) in [7, 11) is 0. The van der Waals surface area contributed by atoms with E-state index in [0.717, 1.165) is 10.4 Å². The van der Waals surface area contributed by atoms with Crippen LogP contribution in [-0.2, 0) is 0 Å². The van der Waals surface area contributed by atoms with E-state index in [-0.39, 0.29) is 22.4 Å². The fraction of sp³-hybridized carbons (Fsp3) is 0.263. The van der Waals surface area contributed by atoms with Gasteiger partial charge in [0.25, 0.3) is 10.8 Å². The van der Waals surface area contributed by atoms with Crippen molar-refractivity contribution in [1.29, 1.82) is 0 Å². The quantitative estimate of drug-likeness (QED) is 0.408. The van der Waals surface area contributed by atoms with E-state index in [9.17, 15) is 13.6 Å². The van der Waals surface area contributed by atoms with Crippen LogP contribution in [0.5, 0.6) is 5.75 Å². The highest BCUT2D eigenvalue weighted by Gasteiger charge is 2.19. The lowest BCUT2D eigenvalue weighted by atomic mass is 10.2. The predicted octanol–water partition coefficient (Wildman–Crippen LogP) is 5.11. The van der Waals surface area contributed by atoms with Gasteiger partial charge in [-0.1, -0.05) is 11.8 Å². The van der Waals surface area contributed by atoms with Crippen LogP contribution >= 0.6 is 23.1 Å². The summed E-state index contributed by atoms with van der Waals surface area (Å²) in [5.74, 6) is 0.808. The van der Waals surface area contributed by atoms with Crippen molar-refractivity contribution in [2.45, 2.75) is 37.9 Å². The zero-order valence-corrected chi connectivity index (χ0v) is 17.7. The molecule has 0 aliphatic heterocycles. The van der Waals surface area contributed by atoms with Crippen LogP contribution in [0.2, 0.25) is 0 Å². The molecule has 0 saturated carbocycles. The molecule has 0 fully saturated rings. The van der Waals surface area contributed by atoms with Gasteiger partial charge in [-0.2, -0.15) is 8.78 Å². The van der Waals surface area contributed by atoms with Crippen LogP contribution in [0.4, 0.5) is 8.78 Å². The highest BCUT2D eigenvalue weighted by atomic mass is 32.2. The number of H-pyrrole nitrogens is 1. The Balaban J connectivity index is 1.52. The molecule has 11 heteroatoms. The minimum absolute atomic E-state index is 0.0426. The van der Waals surface area contributed by atoms with Crippen LogP contribution < -0.4 is 10.3 Å². The van der Waals surface area contributed by atoms with Gasteiger partial charge in [0, 0.05) is 10.4 Å². The van der Waals surface area contributed by atoms with Gasteiger partial charge in [0.05, 0.1) is 10.6 Å². The van der Waals surface area contributed by atoms with Crippen molar-refractivity contribution in [2.75, 3.05) is 0 Å². The number of halogens is 2. The summed E-state index contributed by atoms with van der Waals surface area (Å²) in [4.78, 5) is 21.7. The van der Waals surface area contributed by atoms with Gasteiger partial charge in [0.1, 0.15) is 16.4 Å². The number of thioether (sulfide) groups is 1. The first-order chi connectivity index (χ1) is 14.3. The standard InChI is InChI=1S/C19H16F2N4O3S2/c1-8-9(2)29-17-13(8)15(26)22-14(23-17)10(3)30-19-25-24-16(28-19)11-4-6-12(7-5-11)27-18(20)21/h4-7,10,18H,1-3H3,(H,22,23,26)/t10-/m1/s1. The second kappa shape index (κ2) is 8.15. The van der Waals surface area contributed by atoms with Gasteiger partial charge < -0.3 is 14.1 Å². The Kier molecular flexibility index (Phi) is 5.56. The number of ether oxygens (including phenoxy) is 1. The summed E-state index contributed by atoms with van der Waals surface area (Å²) in [6, 6.07) is 5.90. The van der Waals surface area contributed by atoms with Gasteiger partial charge in [-0.25, -0.2) is 4.98 Å². The fourth-order valence-electron chi connectivity index (χ4n) is 2.82. The van der Waals surface area contributed by atoms with E-state index in [2.05, 4.69) is 24.9 Å². The van der Waals surface area contributed by atoms with E-state index in [1.54, 1.807) is 12.1 Å². The number of rotatable bonds is 6. The van der Waals surface area contributed by atoms with Crippen molar-refractivity contribution >= 4 is 33.3 Å². The molecule has 4 aromatic rings. The van der Waals surface area contributed by atoms with Crippen LogP contribution in [0.15, 0.2) is 38.7 Å². The average molecular weight is 450 g/mol. The highest BCUT2D eigenvalue weighted by Crippen LogP contribution is 2.35. The van der Waals surface area contributed by atoms with E-state index < -0.39 is 6.61 Å². The van der Waals surface area contributed by atoms with Gasteiger partial charge in [-0.05, 0) is 50.6 Å². The molecule has 0 aliphatic rings. The summed E-state index contributed by atoms with van der Waals surface area (Å²) in [6.45, 7) is 2.87. The molecule has 30 heavy (non-hydrogen) atoms. The largest absolute Gasteiger partial charge is 0.435 e. The minimum Gasteiger partial charge on any atom is -0.435 e. The number of aryl methyl sites for hydroxylation is 2. The second-order valence-corrected chi connectivity index (χ2v) is 8.95. The molecule has 1 N–H and O–H groups in total. The maximum atomic E-state index is 12.5. The average Bonchev–Trinajstić information content (AvgIpc) is 3.26.